The van der Waals surface area contributed by atoms with Crippen molar-refractivity contribution in [2.45, 2.75) is 46.0 Å². The Labute approximate surface area is 122 Å². The zero-order chi connectivity index (χ0) is 11.6. The molecule has 0 aromatic carbocycles. The Kier molecular flexibility index (Phi) is 5.54. The molecule has 1 atom stereocenters. The maximum absolute atomic E-state index is 6.07. The summed E-state index contributed by atoms with van der Waals surface area (Å²) < 4.78 is 0. The van der Waals surface area contributed by atoms with Gasteiger partial charge in [-0.3, -0.25) is 4.99 Å². The van der Waals surface area contributed by atoms with Crippen LogP contribution in [0.15, 0.2) is 4.99 Å². The summed E-state index contributed by atoms with van der Waals surface area (Å²) in [6, 6.07) is 0. The van der Waals surface area contributed by atoms with Crippen molar-refractivity contribution in [1.29, 1.82) is 0 Å². The van der Waals surface area contributed by atoms with Gasteiger partial charge in [-0.05, 0) is 37.0 Å². The van der Waals surface area contributed by atoms with Crippen LogP contribution in [0.1, 0.15) is 46.0 Å². The van der Waals surface area contributed by atoms with E-state index in [4.69, 9.17) is 5.73 Å². The monoisotopic (exact) mass is 351 g/mol. The average Bonchev–Trinajstić information content (AvgIpc) is 2.23. The van der Waals surface area contributed by atoms with E-state index in [-0.39, 0.29) is 24.0 Å². The first-order valence-corrected chi connectivity index (χ1v) is 6.64. The van der Waals surface area contributed by atoms with Crippen molar-refractivity contribution in [3.8, 4) is 0 Å². The minimum atomic E-state index is 0. The van der Waals surface area contributed by atoms with Crippen molar-refractivity contribution in [1.82, 2.24) is 4.90 Å². The summed E-state index contributed by atoms with van der Waals surface area (Å²) >= 11 is 0. The lowest BCUT2D eigenvalue weighted by molar-refractivity contribution is 0.172. The fourth-order valence-electron chi connectivity index (χ4n) is 2.71. The van der Waals surface area contributed by atoms with Crippen molar-refractivity contribution in [2.24, 2.45) is 22.1 Å². The maximum Gasteiger partial charge on any atom is 0.191 e. The van der Waals surface area contributed by atoms with Crippen LogP contribution in [0, 0.1) is 11.3 Å². The molecule has 3 nitrogen and oxygen atoms in total. The third-order valence-corrected chi connectivity index (χ3v) is 4.16. The summed E-state index contributed by atoms with van der Waals surface area (Å²) in [5.41, 5.74) is 6.52. The summed E-state index contributed by atoms with van der Waals surface area (Å²) in [5, 5.41) is 0. The molecule has 1 saturated heterocycles. The molecular weight excluding hydrogens is 325 g/mol. The molecule has 0 aromatic rings. The van der Waals surface area contributed by atoms with Crippen molar-refractivity contribution >= 4 is 29.9 Å². The first kappa shape index (κ1) is 15.1. The molecule has 0 bridgehead atoms. The molecule has 4 heteroatoms. The van der Waals surface area contributed by atoms with Crippen LogP contribution in [0.2, 0.25) is 0 Å². The van der Waals surface area contributed by atoms with Crippen LogP contribution in [-0.4, -0.2) is 30.5 Å². The van der Waals surface area contributed by atoms with Gasteiger partial charge in [0.15, 0.2) is 5.96 Å². The van der Waals surface area contributed by atoms with Gasteiger partial charge in [0.1, 0.15) is 0 Å². The third kappa shape index (κ3) is 4.00. The van der Waals surface area contributed by atoms with Gasteiger partial charge in [-0.25, -0.2) is 0 Å². The van der Waals surface area contributed by atoms with Gasteiger partial charge in [0.2, 0.25) is 0 Å². The second-order valence-electron chi connectivity index (χ2n) is 6.03. The molecule has 100 valence electrons. The van der Waals surface area contributed by atoms with Crippen LogP contribution in [0.5, 0.6) is 0 Å². The van der Waals surface area contributed by atoms with E-state index in [0.717, 1.165) is 31.5 Å². The van der Waals surface area contributed by atoms with Crippen LogP contribution in [-0.2, 0) is 0 Å². The molecule has 1 aliphatic heterocycles. The Morgan fingerprint density at radius 3 is 2.65 bits per heavy atom. The Bertz CT molecular complexity index is 274. The number of nitrogens with zero attached hydrogens (tertiary/aromatic N) is 2. The highest BCUT2D eigenvalue weighted by Crippen LogP contribution is 2.40. The molecule has 0 amide bonds. The molecule has 0 spiro atoms. The summed E-state index contributed by atoms with van der Waals surface area (Å²) in [6.45, 7) is 7.73. The second kappa shape index (κ2) is 6.25. The highest BCUT2D eigenvalue weighted by atomic mass is 127. The molecular formula is C13H26IN3. The smallest absolute Gasteiger partial charge is 0.191 e. The van der Waals surface area contributed by atoms with Crippen molar-refractivity contribution in [3.63, 3.8) is 0 Å². The van der Waals surface area contributed by atoms with E-state index in [1.807, 2.05) is 0 Å². The van der Waals surface area contributed by atoms with Gasteiger partial charge in [-0.1, -0.05) is 20.3 Å². The Morgan fingerprint density at radius 1 is 1.41 bits per heavy atom. The Morgan fingerprint density at radius 2 is 2.12 bits per heavy atom. The maximum atomic E-state index is 6.07. The molecule has 1 saturated carbocycles. The van der Waals surface area contributed by atoms with Gasteiger partial charge in [-0.2, -0.15) is 0 Å². The number of aliphatic imine (C=N–C) groups is 1. The Balaban J connectivity index is 0.00000144. The molecule has 1 heterocycles. The zero-order valence-electron chi connectivity index (χ0n) is 11.1. The van der Waals surface area contributed by atoms with E-state index in [2.05, 4.69) is 23.7 Å². The third-order valence-electron chi connectivity index (χ3n) is 4.16. The molecule has 2 N–H and O–H groups in total. The van der Waals surface area contributed by atoms with E-state index in [1.165, 1.54) is 32.1 Å². The lowest BCUT2D eigenvalue weighted by Gasteiger charge is -2.37. The van der Waals surface area contributed by atoms with Crippen molar-refractivity contribution < 1.29 is 0 Å². The summed E-state index contributed by atoms with van der Waals surface area (Å²) in [4.78, 5) is 6.86. The molecule has 17 heavy (non-hydrogen) atoms. The molecule has 0 aromatic heterocycles. The lowest BCUT2D eigenvalue weighted by Crippen LogP contribution is -2.44. The number of halogens is 1. The van der Waals surface area contributed by atoms with Crippen LogP contribution in [0.4, 0.5) is 0 Å². The normalized spacial score (nSPS) is 28.2. The number of nitrogens with two attached hydrogens (primary N) is 1. The number of rotatable bonds is 2. The van der Waals surface area contributed by atoms with E-state index in [9.17, 15) is 0 Å². The minimum absolute atomic E-state index is 0. The van der Waals surface area contributed by atoms with Crippen LogP contribution in [0.3, 0.4) is 0 Å². The van der Waals surface area contributed by atoms with Gasteiger partial charge in [0.05, 0.1) is 0 Å². The van der Waals surface area contributed by atoms with Crippen molar-refractivity contribution in [3.05, 3.63) is 0 Å². The molecule has 2 rings (SSSR count). The predicted octanol–water partition coefficient (Wildman–Crippen LogP) is 2.84. The standard InChI is InChI=1S/C13H25N3.HI/c1-11-5-3-8-16(9-11)12(14)15-10-13(2)6-4-7-13;/h11H,3-10H2,1-2H3,(H2,14,15);1H. The van der Waals surface area contributed by atoms with E-state index in [0.29, 0.717) is 5.41 Å². The predicted molar refractivity (Wildman–Crippen MR) is 83.8 cm³/mol. The second-order valence-corrected chi connectivity index (χ2v) is 6.03. The summed E-state index contributed by atoms with van der Waals surface area (Å²) in [7, 11) is 0. The first-order valence-electron chi connectivity index (χ1n) is 6.64. The molecule has 2 aliphatic rings. The van der Waals surface area contributed by atoms with Gasteiger partial charge in [0, 0.05) is 19.6 Å². The highest BCUT2D eigenvalue weighted by molar-refractivity contribution is 14.0. The lowest BCUT2D eigenvalue weighted by atomic mass is 9.71. The highest BCUT2D eigenvalue weighted by Gasteiger charge is 2.31. The van der Waals surface area contributed by atoms with Gasteiger partial charge < -0.3 is 10.6 Å². The number of hydrogen-bond acceptors (Lipinski definition) is 1. The quantitative estimate of drug-likeness (QED) is 0.472. The van der Waals surface area contributed by atoms with Crippen LogP contribution in [0.25, 0.3) is 0 Å². The topological polar surface area (TPSA) is 41.6 Å². The fourth-order valence-corrected chi connectivity index (χ4v) is 2.71. The van der Waals surface area contributed by atoms with E-state index in [1.54, 1.807) is 0 Å². The zero-order valence-corrected chi connectivity index (χ0v) is 13.4. The summed E-state index contributed by atoms with van der Waals surface area (Å²) in [6.07, 6.45) is 6.60. The number of piperidine rings is 1. The molecule has 1 aliphatic carbocycles. The fraction of sp³-hybridized carbons (Fsp3) is 0.923. The van der Waals surface area contributed by atoms with Crippen molar-refractivity contribution in [2.75, 3.05) is 19.6 Å². The summed E-state index contributed by atoms with van der Waals surface area (Å²) in [5.74, 6) is 1.54. The van der Waals surface area contributed by atoms with E-state index < -0.39 is 0 Å². The average molecular weight is 351 g/mol. The number of likely N-dealkylation sites (tertiary alicyclic amines) is 1. The number of guanidine groups is 1. The van der Waals surface area contributed by atoms with Crippen LogP contribution < -0.4 is 5.73 Å². The van der Waals surface area contributed by atoms with Gasteiger partial charge in [0.25, 0.3) is 0 Å². The van der Waals surface area contributed by atoms with Crippen LogP contribution >= 0.6 is 24.0 Å². The number of hydrogen-bond donors (Lipinski definition) is 1. The SMILES string of the molecule is CC1CCCN(C(N)=NCC2(C)CCC2)C1.I. The Hall–Kier alpha value is 0. The molecule has 2 fully saturated rings. The largest absolute Gasteiger partial charge is 0.370 e. The minimum Gasteiger partial charge on any atom is -0.370 e. The van der Waals surface area contributed by atoms with Gasteiger partial charge in [-0.15, -0.1) is 24.0 Å². The van der Waals surface area contributed by atoms with E-state index >= 15 is 0 Å². The molecule has 0 radical (unpaired) electrons. The van der Waals surface area contributed by atoms with Gasteiger partial charge >= 0.3 is 0 Å². The first-order chi connectivity index (χ1) is 7.59. The molecule has 1 unspecified atom stereocenters.